The Morgan fingerprint density at radius 2 is 1.75 bits per heavy atom. The number of halogens is 3. The van der Waals surface area contributed by atoms with Gasteiger partial charge in [-0.1, -0.05) is 29.3 Å². The van der Waals surface area contributed by atoms with E-state index in [0.29, 0.717) is 38.6 Å². The molecule has 0 aliphatic rings. The van der Waals surface area contributed by atoms with Crippen LogP contribution < -0.4 is 10.1 Å². The van der Waals surface area contributed by atoms with Crippen molar-refractivity contribution < 1.29 is 4.74 Å². The number of ether oxygens (including phenoxy) is 1. The number of nitrogens with zero attached hydrogens (tertiary/aromatic N) is 3. The summed E-state index contributed by atoms with van der Waals surface area (Å²) in [4.78, 5) is 13.7. The van der Waals surface area contributed by atoms with Crippen LogP contribution in [0, 0.1) is 0 Å². The minimum absolute atomic E-state index is 0. The summed E-state index contributed by atoms with van der Waals surface area (Å²) in [7, 11) is 1.57. The number of pyridine rings is 1. The summed E-state index contributed by atoms with van der Waals surface area (Å²) in [5, 5.41) is 5.23. The molecule has 0 bridgehead atoms. The summed E-state index contributed by atoms with van der Waals surface area (Å²) in [6.07, 6.45) is 1.71. The van der Waals surface area contributed by atoms with Crippen LogP contribution in [0.2, 0.25) is 10.0 Å². The number of benzene rings is 2. The van der Waals surface area contributed by atoms with Crippen LogP contribution in [-0.4, -0.2) is 22.1 Å². The van der Waals surface area contributed by atoms with Crippen LogP contribution in [0.5, 0.6) is 5.75 Å². The highest BCUT2D eigenvalue weighted by molar-refractivity contribution is 6.33. The van der Waals surface area contributed by atoms with Gasteiger partial charge in [0.1, 0.15) is 17.3 Å². The number of hydrogen-bond donors (Lipinski definition) is 1. The van der Waals surface area contributed by atoms with Crippen molar-refractivity contribution in [3.05, 3.63) is 70.8 Å². The highest BCUT2D eigenvalue weighted by Gasteiger charge is 2.14. The van der Waals surface area contributed by atoms with Gasteiger partial charge in [0, 0.05) is 28.4 Å². The molecule has 142 valence electrons. The highest BCUT2D eigenvalue weighted by Crippen LogP contribution is 2.34. The number of fused-ring (bicyclic) bond motifs is 1. The van der Waals surface area contributed by atoms with Crippen LogP contribution in [-0.2, 0) is 0 Å². The number of nitrogens with one attached hydrogen (secondary N) is 1. The zero-order chi connectivity index (χ0) is 18.8. The molecule has 0 fully saturated rings. The first-order valence-electron chi connectivity index (χ1n) is 8.13. The van der Waals surface area contributed by atoms with E-state index in [-0.39, 0.29) is 12.4 Å². The summed E-state index contributed by atoms with van der Waals surface area (Å²) in [6, 6.07) is 16.6. The molecule has 0 spiro atoms. The Hall–Kier alpha value is -2.60. The van der Waals surface area contributed by atoms with E-state index in [1.165, 1.54) is 0 Å². The summed E-state index contributed by atoms with van der Waals surface area (Å²) in [6.45, 7) is 0. The molecule has 2 aromatic carbocycles. The predicted octanol–water partition coefficient (Wildman–Crippen LogP) is 6.17. The minimum atomic E-state index is 0. The molecule has 4 aromatic rings. The summed E-state index contributed by atoms with van der Waals surface area (Å²) >= 11 is 12.3. The van der Waals surface area contributed by atoms with Gasteiger partial charge in [0.25, 0.3) is 0 Å². The molecular formula is C20H15Cl3N4O. The van der Waals surface area contributed by atoms with Crippen molar-refractivity contribution in [3.8, 4) is 17.3 Å². The molecule has 0 amide bonds. The van der Waals surface area contributed by atoms with Crippen molar-refractivity contribution in [1.82, 2.24) is 15.0 Å². The zero-order valence-electron chi connectivity index (χ0n) is 14.7. The smallest absolute Gasteiger partial charge is 0.180 e. The molecule has 1 N–H and O–H groups in total. The number of anilines is 2. The first-order valence-corrected chi connectivity index (χ1v) is 8.89. The van der Waals surface area contributed by atoms with Crippen molar-refractivity contribution in [2.24, 2.45) is 0 Å². The Morgan fingerprint density at radius 3 is 2.43 bits per heavy atom. The lowest BCUT2D eigenvalue weighted by molar-refractivity contribution is 0.415. The van der Waals surface area contributed by atoms with Gasteiger partial charge in [-0.05, 0) is 42.5 Å². The summed E-state index contributed by atoms with van der Waals surface area (Å²) < 4.78 is 5.33. The second kappa shape index (κ2) is 8.61. The standard InChI is InChI=1S/C20H14Cl2N4O.ClH/c1-27-18-11-17-14(10-15(18)22)19(24-13-7-5-12(21)6-8-13)26-20(25-17)16-4-2-3-9-23-16;/h2-11H,1H3,(H,24,25,26);1H. The van der Waals surface area contributed by atoms with E-state index < -0.39 is 0 Å². The average molecular weight is 434 g/mol. The predicted molar refractivity (Wildman–Crippen MR) is 116 cm³/mol. The lowest BCUT2D eigenvalue weighted by atomic mass is 10.2. The van der Waals surface area contributed by atoms with E-state index in [4.69, 9.17) is 27.9 Å². The number of hydrogen-bond acceptors (Lipinski definition) is 5. The van der Waals surface area contributed by atoms with E-state index >= 15 is 0 Å². The van der Waals surface area contributed by atoms with Crippen LogP contribution in [0.1, 0.15) is 0 Å². The van der Waals surface area contributed by atoms with Crippen molar-refractivity contribution in [2.75, 3.05) is 12.4 Å². The molecule has 2 aromatic heterocycles. The molecule has 0 aliphatic carbocycles. The number of rotatable bonds is 4. The lowest BCUT2D eigenvalue weighted by Crippen LogP contribution is -2.00. The average Bonchev–Trinajstić information content (AvgIpc) is 2.70. The fraction of sp³-hybridized carbons (Fsp3) is 0.0500. The van der Waals surface area contributed by atoms with Crippen LogP contribution in [0.15, 0.2) is 60.8 Å². The van der Waals surface area contributed by atoms with Crippen molar-refractivity contribution >= 4 is 58.0 Å². The summed E-state index contributed by atoms with van der Waals surface area (Å²) in [5.74, 6) is 1.67. The quantitative estimate of drug-likeness (QED) is 0.417. The van der Waals surface area contributed by atoms with Gasteiger partial charge in [0.05, 0.1) is 17.6 Å². The third-order valence-corrected chi connectivity index (χ3v) is 4.52. The third kappa shape index (κ3) is 4.12. The molecular weight excluding hydrogens is 419 g/mol. The van der Waals surface area contributed by atoms with Crippen LogP contribution in [0.4, 0.5) is 11.5 Å². The van der Waals surface area contributed by atoms with Gasteiger partial charge in [-0.15, -0.1) is 12.4 Å². The Bertz CT molecular complexity index is 1110. The zero-order valence-corrected chi connectivity index (χ0v) is 17.0. The van der Waals surface area contributed by atoms with Crippen LogP contribution in [0.3, 0.4) is 0 Å². The molecule has 0 aliphatic heterocycles. The normalized spacial score (nSPS) is 10.4. The van der Waals surface area contributed by atoms with E-state index in [1.807, 2.05) is 42.5 Å². The van der Waals surface area contributed by atoms with Crippen LogP contribution >= 0.6 is 35.6 Å². The fourth-order valence-corrected chi connectivity index (χ4v) is 3.03. The number of methoxy groups -OCH3 is 1. The van der Waals surface area contributed by atoms with Crippen molar-refractivity contribution in [2.45, 2.75) is 0 Å². The van der Waals surface area contributed by atoms with Gasteiger partial charge in [0.15, 0.2) is 5.82 Å². The highest BCUT2D eigenvalue weighted by atomic mass is 35.5. The van der Waals surface area contributed by atoms with Gasteiger partial charge >= 0.3 is 0 Å². The topological polar surface area (TPSA) is 59.9 Å². The fourth-order valence-electron chi connectivity index (χ4n) is 2.66. The number of aromatic nitrogens is 3. The molecule has 28 heavy (non-hydrogen) atoms. The molecule has 2 heterocycles. The Morgan fingerprint density at radius 1 is 0.964 bits per heavy atom. The maximum absolute atomic E-state index is 6.32. The molecule has 0 saturated carbocycles. The monoisotopic (exact) mass is 432 g/mol. The lowest BCUT2D eigenvalue weighted by Gasteiger charge is -2.12. The van der Waals surface area contributed by atoms with Gasteiger partial charge in [-0.3, -0.25) is 4.98 Å². The second-order valence-corrected chi connectivity index (χ2v) is 6.59. The maximum atomic E-state index is 6.32. The van der Waals surface area contributed by atoms with E-state index in [1.54, 1.807) is 25.4 Å². The Kier molecular flexibility index (Phi) is 6.19. The Labute approximate surface area is 178 Å². The largest absolute Gasteiger partial charge is 0.495 e. The molecule has 4 rings (SSSR count). The van der Waals surface area contributed by atoms with Gasteiger partial charge < -0.3 is 10.1 Å². The van der Waals surface area contributed by atoms with Crippen molar-refractivity contribution in [1.29, 1.82) is 0 Å². The van der Waals surface area contributed by atoms with E-state index in [0.717, 1.165) is 11.1 Å². The molecule has 0 radical (unpaired) electrons. The van der Waals surface area contributed by atoms with Gasteiger partial charge in [-0.25, -0.2) is 9.97 Å². The maximum Gasteiger partial charge on any atom is 0.180 e. The van der Waals surface area contributed by atoms with Gasteiger partial charge in [0.2, 0.25) is 0 Å². The SMILES string of the molecule is COc1cc2nc(-c3ccccn3)nc(Nc3ccc(Cl)cc3)c2cc1Cl.Cl. The van der Waals surface area contributed by atoms with Crippen molar-refractivity contribution in [3.63, 3.8) is 0 Å². The van der Waals surface area contributed by atoms with Gasteiger partial charge in [-0.2, -0.15) is 0 Å². The third-order valence-electron chi connectivity index (χ3n) is 3.97. The minimum Gasteiger partial charge on any atom is -0.495 e. The molecule has 0 atom stereocenters. The first kappa shape index (κ1) is 20.1. The van der Waals surface area contributed by atoms with Crippen LogP contribution in [0.25, 0.3) is 22.4 Å². The second-order valence-electron chi connectivity index (χ2n) is 5.75. The van der Waals surface area contributed by atoms with E-state index in [9.17, 15) is 0 Å². The molecule has 0 unspecified atom stereocenters. The van der Waals surface area contributed by atoms with E-state index in [2.05, 4.69) is 20.3 Å². The molecule has 5 nitrogen and oxygen atoms in total. The Balaban J connectivity index is 0.00000225. The summed E-state index contributed by atoms with van der Waals surface area (Å²) in [5.41, 5.74) is 2.22. The molecule has 8 heteroatoms. The molecule has 0 saturated heterocycles. The first-order chi connectivity index (χ1) is 13.1.